The van der Waals surface area contributed by atoms with Gasteiger partial charge in [0.25, 0.3) is 0 Å². The first-order valence-electron chi connectivity index (χ1n) is 2.87. The van der Waals surface area contributed by atoms with Crippen molar-refractivity contribution in [2.45, 2.75) is 13.5 Å². The highest BCUT2D eigenvalue weighted by atomic mass is 19.1. The molecule has 0 spiro atoms. The fourth-order valence-electron chi connectivity index (χ4n) is 0.670. The van der Waals surface area contributed by atoms with Crippen LogP contribution in [0.3, 0.4) is 0 Å². The molecule has 0 saturated heterocycles. The van der Waals surface area contributed by atoms with Gasteiger partial charge in [-0.25, -0.2) is 4.39 Å². The van der Waals surface area contributed by atoms with Crippen molar-refractivity contribution >= 4 is 0 Å². The molecule has 1 aromatic rings. The summed E-state index contributed by atoms with van der Waals surface area (Å²) in [6.07, 6.45) is 6.16. The van der Waals surface area contributed by atoms with E-state index in [9.17, 15) is 4.39 Å². The number of aromatic nitrogens is 2. The lowest BCUT2D eigenvalue weighted by molar-refractivity contribution is 0.605. The molecule has 1 rings (SSSR count). The maximum atomic E-state index is 12.5. The van der Waals surface area contributed by atoms with Crippen molar-refractivity contribution in [2.75, 3.05) is 0 Å². The van der Waals surface area contributed by atoms with Crippen LogP contribution in [0.4, 0.5) is 4.39 Å². The van der Waals surface area contributed by atoms with E-state index in [0.717, 1.165) is 6.20 Å². The third-order valence-electron chi connectivity index (χ3n) is 1.28. The zero-order valence-corrected chi connectivity index (χ0v) is 5.63. The molecule has 0 bridgehead atoms. The summed E-state index contributed by atoms with van der Waals surface area (Å²) in [5.41, 5.74) is 0.484. The molecule has 0 fully saturated rings. The fraction of sp³-hybridized carbons (Fsp3) is 0.286. The predicted molar refractivity (Wildman–Crippen MR) is 35.8 cm³/mol. The minimum Gasteiger partial charge on any atom is -0.255 e. The lowest BCUT2D eigenvalue weighted by Gasteiger charge is -1.95. The van der Waals surface area contributed by atoms with E-state index in [1.165, 1.54) is 4.68 Å². The van der Waals surface area contributed by atoms with Crippen LogP contribution in [0.25, 0.3) is 0 Å². The Morgan fingerprint density at radius 1 is 1.90 bits per heavy atom. The number of nitrogens with zero attached hydrogens (tertiary/aromatic N) is 2. The maximum Gasteiger partial charge on any atom is 0.164 e. The van der Waals surface area contributed by atoms with Crippen molar-refractivity contribution in [3.63, 3.8) is 0 Å². The van der Waals surface area contributed by atoms with Gasteiger partial charge < -0.3 is 0 Å². The quantitative estimate of drug-likeness (QED) is 0.528. The Morgan fingerprint density at radius 3 is 3.00 bits per heavy atom. The summed E-state index contributed by atoms with van der Waals surface area (Å²) in [6, 6.07) is 0. The fourth-order valence-corrected chi connectivity index (χ4v) is 0.670. The Morgan fingerprint density at radius 2 is 2.60 bits per heavy atom. The van der Waals surface area contributed by atoms with Crippen LogP contribution in [0, 0.1) is 25.1 Å². The van der Waals surface area contributed by atoms with Gasteiger partial charge in [-0.3, -0.25) is 4.68 Å². The van der Waals surface area contributed by atoms with Gasteiger partial charge in [0.2, 0.25) is 0 Å². The monoisotopic (exact) mass is 138 g/mol. The predicted octanol–water partition coefficient (Wildman–Crippen LogP) is 0.964. The topological polar surface area (TPSA) is 17.8 Å². The van der Waals surface area contributed by atoms with Crippen LogP contribution in [0.1, 0.15) is 5.69 Å². The van der Waals surface area contributed by atoms with Crippen LogP contribution >= 0.6 is 0 Å². The third-order valence-corrected chi connectivity index (χ3v) is 1.28. The molecule has 0 atom stereocenters. The number of terminal acetylenes is 1. The summed E-state index contributed by atoms with van der Waals surface area (Å²) in [7, 11) is 0. The number of rotatable bonds is 1. The zero-order chi connectivity index (χ0) is 7.56. The molecule has 1 heterocycles. The lowest BCUT2D eigenvalue weighted by atomic mass is 10.4. The second-order valence-electron chi connectivity index (χ2n) is 1.94. The molecular formula is C7H7FN2. The Kier molecular flexibility index (Phi) is 1.72. The standard InChI is InChI=1S/C7H7FN2/c1-3-4-10-6(2)7(8)5-9-10/h1,5H,4H2,2H3. The molecule has 0 aliphatic rings. The minimum atomic E-state index is -0.310. The summed E-state index contributed by atoms with van der Waals surface area (Å²) >= 11 is 0. The second kappa shape index (κ2) is 2.53. The van der Waals surface area contributed by atoms with Crippen LogP contribution in [0.15, 0.2) is 6.20 Å². The molecule has 52 valence electrons. The molecule has 0 saturated carbocycles. The highest BCUT2D eigenvalue weighted by Gasteiger charge is 2.02. The van der Waals surface area contributed by atoms with E-state index in [2.05, 4.69) is 11.0 Å². The van der Waals surface area contributed by atoms with Gasteiger partial charge in [0.05, 0.1) is 11.9 Å². The van der Waals surface area contributed by atoms with Crippen molar-refractivity contribution in [2.24, 2.45) is 0 Å². The first kappa shape index (κ1) is 6.81. The average molecular weight is 138 g/mol. The van der Waals surface area contributed by atoms with E-state index < -0.39 is 0 Å². The highest BCUT2D eigenvalue weighted by molar-refractivity contribution is 5.02. The van der Waals surface area contributed by atoms with Crippen LogP contribution in [0.2, 0.25) is 0 Å². The zero-order valence-electron chi connectivity index (χ0n) is 5.63. The van der Waals surface area contributed by atoms with Crippen molar-refractivity contribution in [3.05, 3.63) is 17.7 Å². The van der Waals surface area contributed by atoms with Crippen LogP contribution in [-0.2, 0) is 6.54 Å². The van der Waals surface area contributed by atoms with Gasteiger partial charge in [0.1, 0.15) is 6.54 Å². The maximum absolute atomic E-state index is 12.5. The van der Waals surface area contributed by atoms with E-state index in [1.54, 1.807) is 6.92 Å². The normalized spacial score (nSPS) is 9.30. The summed E-state index contributed by atoms with van der Waals surface area (Å²) in [5, 5.41) is 3.70. The molecule has 0 amide bonds. The molecule has 0 aromatic carbocycles. The first-order chi connectivity index (χ1) is 4.75. The van der Waals surface area contributed by atoms with Crippen LogP contribution < -0.4 is 0 Å². The molecule has 1 aromatic heterocycles. The summed E-state index contributed by atoms with van der Waals surface area (Å²) in [6.45, 7) is 1.97. The van der Waals surface area contributed by atoms with Gasteiger partial charge in [0.15, 0.2) is 5.82 Å². The van der Waals surface area contributed by atoms with Crippen LogP contribution in [-0.4, -0.2) is 9.78 Å². The van der Waals surface area contributed by atoms with Crippen molar-refractivity contribution in [1.82, 2.24) is 9.78 Å². The van der Waals surface area contributed by atoms with E-state index in [1.807, 2.05) is 0 Å². The molecule has 0 N–H and O–H groups in total. The number of halogens is 1. The second-order valence-corrected chi connectivity index (χ2v) is 1.94. The molecule has 3 heteroatoms. The van der Waals surface area contributed by atoms with Gasteiger partial charge in [-0.2, -0.15) is 5.10 Å². The largest absolute Gasteiger partial charge is 0.255 e. The summed E-state index contributed by atoms with van der Waals surface area (Å²) < 4.78 is 14.0. The SMILES string of the molecule is C#CCn1ncc(F)c1C. The molecule has 0 aliphatic heterocycles. The summed E-state index contributed by atoms with van der Waals surface area (Å²) in [4.78, 5) is 0. The lowest BCUT2D eigenvalue weighted by Crippen LogP contribution is -1.99. The molecule has 0 radical (unpaired) electrons. The van der Waals surface area contributed by atoms with Crippen LogP contribution in [0.5, 0.6) is 0 Å². The van der Waals surface area contributed by atoms with Crippen molar-refractivity contribution in [3.8, 4) is 12.3 Å². The van der Waals surface area contributed by atoms with E-state index in [0.29, 0.717) is 12.2 Å². The first-order valence-corrected chi connectivity index (χ1v) is 2.87. The van der Waals surface area contributed by atoms with Crippen molar-refractivity contribution < 1.29 is 4.39 Å². The minimum absolute atomic E-state index is 0.310. The Hall–Kier alpha value is -1.30. The van der Waals surface area contributed by atoms with Crippen molar-refractivity contribution in [1.29, 1.82) is 0 Å². The Labute approximate surface area is 58.7 Å². The Balaban J connectivity index is 2.96. The van der Waals surface area contributed by atoms with Gasteiger partial charge in [-0.15, -0.1) is 6.42 Å². The molecule has 2 nitrogen and oxygen atoms in total. The summed E-state index contributed by atoms with van der Waals surface area (Å²) in [5.74, 6) is 2.06. The molecule has 10 heavy (non-hydrogen) atoms. The third kappa shape index (κ3) is 1.01. The number of hydrogen-bond donors (Lipinski definition) is 0. The van der Waals surface area contributed by atoms with E-state index in [-0.39, 0.29) is 5.82 Å². The molecule has 0 unspecified atom stereocenters. The highest BCUT2D eigenvalue weighted by Crippen LogP contribution is 2.02. The van der Waals surface area contributed by atoms with Gasteiger partial charge in [0, 0.05) is 0 Å². The van der Waals surface area contributed by atoms with Gasteiger partial charge in [-0.05, 0) is 6.92 Å². The Bertz CT molecular complexity index is 270. The van der Waals surface area contributed by atoms with Gasteiger partial charge in [-0.1, -0.05) is 5.92 Å². The van der Waals surface area contributed by atoms with Gasteiger partial charge >= 0.3 is 0 Å². The van der Waals surface area contributed by atoms with E-state index in [4.69, 9.17) is 6.42 Å². The number of hydrogen-bond acceptors (Lipinski definition) is 1. The average Bonchev–Trinajstić information content (AvgIpc) is 2.20. The molecule has 0 aliphatic carbocycles. The molecular weight excluding hydrogens is 131 g/mol. The smallest absolute Gasteiger partial charge is 0.164 e. The van der Waals surface area contributed by atoms with E-state index >= 15 is 0 Å².